The number of nitrogens with one attached hydrogen (secondary N) is 2. The Kier molecular flexibility index (Phi) is 9.56. The summed E-state index contributed by atoms with van der Waals surface area (Å²) < 4.78 is 5.45. The number of H-pyrrole nitrogens is 1. The summed E-state index contributed by atoms with van der Waals surface area (Å²) in [5, 5.41) is 10.4. The van der Waals surface area contributed by atoms with Crippen molar-refractivity contribution in [2.75, 3.05) is 45.9 Å². The number of carbonyl (C=O) groups excluding carboxylic acids is 3. The highest BCUT2D eigenvalue weighted by atomic mass is 16.5. The van der Waals surface area contributed by atoms with Crippen LogP contribution in [0.2, 0.25) is 0 Å². The zero-order valence-corrected chi connectivity index (χ0v) is 26.4. The van der Waals surface area contributed by atoms with Crippen LogP contribution in [0.5, 0.6) is 0 Å². The van der Waals surface area contributed by atoms with Gasteiger partial charge in [-0.1, -0.05) is 39.3 Å². The van der Waals surface area contributed by atoms with Gasteiger partial charge in [0.1, 0.15) is 11.6 Å². The molecule has 2 atom stereocenters. The lowest BCUT2D eigenvalue weighted by atomic mass is 9.79. The van der Waals surface area contributed by atoms with Crippen LogP contribution in [-0.2, 0) is 14.3 Å². The molecule has 0 radical (unpaired) electrons. The summed E-state index contributed by atoms with van der Waals surface area (Å²) in [7, 11) is 0. The molecule has 3 aliphatic heterocycles. The Morgan fingerprint density at radius 1 is 1.07 bits per heavy atom. The number of benzene rings is 1. The van der Waals surface area contributed by atoms with E-state index in [0.717, 1.165) is 40.7 Å². The number of amides is 3. The van der Waals surface area contributed by atoms with Crippen molar-refractivity contribution in [2.45, 2.75) is 84.3 Å². The van der Waals surface area contributed by atoms with Crippen molar-refractivity contribution >= 4 is 17.7 Å². The number of piperazine rings is 1. The summed E-state index contributed by atoms with van der Waals surface area (Å²) >= 11 is 0. The lowest BCUT2D eigenvalue weighted by molar-refractivity contribution is -0.162. The van der Waals surface area contributed by atoms with Gasteiger partial charge in [-0.3, -0.25) is 24.4 Å². The number of hydrogen-bond acceptors (Lipinski definition) is 6. The van der Waals surface area contributed by atoms with Crippen LogP contribution in [0.3, 0.4) is 0 Å². The van der Waals surface area contributed by atoms with Gasteiger partial charge in [-0.2, -0.15) is 5.10 Å². The topological polar surface area (TPSA) is 111 Å². The molecule has 3 saturated heterocycles. The highest BCUT2D eigenvalue weighted by molar-refractivity contribution is 6.00. The Bertz CT molecular complexity index is 1270. The van der Waals surface area contributed by atoms with E-state index in [-0.39, 0.29) is 23.8 Å². The van der Waals surface area contributed by atoms with Gasteiger partial charge in [0.15, 0.2) is 0 Å². The lowest BCUT2D eigenvalue weighted by Gasteiger charge is -2.52. The molecule has 1 aromatic heterocycles. The van der Waals surface area contributed by atoms with E-state index in [1.54, 1.807) is 0 Å². The second-order valence-corrected chi connectivity index (χ2v) is 12.9. The van der Waals surface area contributed by atoms with Gasteiger partial charge in [-0.15, -0.1) is 0 Å². The highest BCUT2D eigenvalue weighted by Crippen LogP contribution is 2.39. The van der Waals surface area contributed by atoms with E-state index in [1.807, 2.05) is 36.0 Å². The van der Waals surface area contributed by atoms with E-state index in [4.69, 9.17) is 4.74 Å². The molecule has 3 amide bonds. The van der Waals surface area contributed by atoms with Gasteiger partial charge in [-0.25, -0.2) is 0 Å². The lowest BCUT2D eigenvalue weighted by Crippen LogP contribution is -2.73. The van der Waals surface area contributed by atoms with E-state index in [0.29, 0.717) is 71.1 Å². The number of aryl methyl sites for hydroxylation is 2. The van der Waals surface area contributed by atoms with Gasteiger partial charge in [0.2, 0.25) is 11.8 Å². The first kappa shape index (κ1) is 31.2. The number of unbranched alkanes of at least 4 members (excludes halogenated alkanes) is 1. The molecule has 10 heteroatoms. The minimum Gasteiger partial charge on any atom is -0.378 e. The molecule has 2 N–H and O–H groups in total. The molecule has 1 unspecified atom stereocenters. The van der Waals surface area contributed by atoms with Crippen LogP contribution in [0.25, 0.3) is 0 Å². The minimum absolute atomic E-state index is 0.00830. The van der Waals surface area contributed by atoms with Crippen LogP contribution in [0, 0.1) is 19.8 Å². The maximum Gasteiger partial charge on any atom is 0.254 e. The quantitative estimate of drug-likeness (QED) is 0.461. The van der Waals surface area contributed by atoms with Crippen LogP contribution >= 0.6 is 0 Å². The number of nitrogens with zero attached hydrogens (tertiary/aromatic N) is 4. The summed E-state index contributed by atoms with van der Waals surface area (Å²) in [6, 6.07) is 3.71. The maximum absolute atomic E-state index is 13.8. The number of likely N-dealkylation sites (tertiary alicyclic amines) is 1. The highest BCUT2D eigenvalue weighted by Gasteiger charge is 2.53. The molecule has 3 fully saturated rings. The zero-order valence-electron chi connectivity index (χ0n) is 26.4. The predicted octanol–water partition coefficient (Wildman–Crippen LogP) is 3.60. The Hall–Kier alpha value is -3.24. The van der Waals surface area contributed by atoms with Crippen LogP contribution in [0.1, 0.15) is 91.5 Å². The molecule has 10 nitrogen and oxygen atoms in total. The third kappa shape index (κ3) is 6.22. The number of aromatic amines is 1. The van der Waals surface area contributed by atoms with E-state index in [2.05, 4.69) is 53.3 Å². The van der Waals surface area contributed by atoms with Crippen molar-refractivity contribution in [1.29, 1.82) is 0 Å². The Balaban J connectivity index is 1.41. The summed E-state index contributed by atoms with van der Waals surface area (Å²) in [6.45, 7) is 14.6. The SMILES string of the molecule is CCCCN1C(=O)[C@H](CC(C)C)NC(=O)C12CCN(C(c1cn[nH]c1)c1cc(C)c(C(=O)N3CCOCC3)c(C)c1)CC2. The molecule has 2 aromatic rings. The average Bonchev–Trinajstić information content (AvgIpc) is 3.51. The first-order valence-corrected chi connectivity index (χ1v) is 16.0. The molecule has 1 aromatic carbocycles. The van der Waals surface area contributed by atoms with Gasteiger partial charge in [0.05, 0.1) is 25.5 Å². The van der Waals surface area contributed by atoms with Gasteiger partial charge < -0.3 is 19.9 Å². The van der Waals surface area contributed by atoms with Gasteiger partial charge in [0.25, 0.3) is 5.91 Å². The first-order valence-electron chi connectivity index (χ1n) is 16.0. The van der Waals surface area contributed by atoms with Gasteiger partial charge >= 0.3 is 0 Å². The zero-order chi connectivity index (χ0) is 30.7. The summed E-state index contributed by atoms with van der Waals surface area (Å²) in [6.07, 6.45) is 7.42. The Morgan fingerprint density at radius 2 is 1.74 bits per heavy atom. The normalized spacial score (nSPS) is 21.9. The summed E-state index contributed by atoms with van der Waals surface area (Å²) in [5.74, 6) is 0.427. The van der Waals surface area contributed by atoms with Gasteiger partial charge in [-0.05, 0) is 62.1 Å². The van der Waals surface area contributed by atoms with Crippen LogP contribution in [-0.4, -0.2) is 100 Å². The molecule has 234 valence electrons. The van der Waals surface area contributed by atoms with Crippen molar-refractivity contribution < 1.29 is 19.1 Å². The molecular weight excluding hydrogens is 544 g/mol. The van der Waals surface area contributed by atoms with Crippen LogP contribution in [0.15, 0.2) is 24.5 Å². The number of piperidine rings is 1. The molecule has 0 saturated carbocycles. The van der Waals surface area contributed by atoms with Crippen molar-refractivity contribution in [1.82, 2.24) is 30.2 Å². The number of ether oxygens (including phenoxy) is 1. The molecule has 4 heterocycles. The largest absolute Gasteiger partial charge is 0.378 e. The van der Waals surface area contributed by atoms with E-state index < -0.39 is 11.6 Å². The fraction of sp³-hybridized carbons (Fsp3) is 0.636. The fourth-order valence-corrected chi connectivity index (χ4v) is 7.24. The number of aromatic nitrogens is 2. The molecule has 0 bridgehead atoms. The Labute approximate surface area is 255 Å². The van der Waals surface area contributed by atoms with Crippen LogP contribution in [0.4, 0.5) is 0 Å². The first-order chi connectivity index (χ1) is 20.7. The smallest absolute Gasteiger partial charge is 0.254 e. The summed E-state index contributed by atoms with van der Waals surface area (Å²) in [5.41, 5.74) is 3.97. The van der Waals surface area contributed by atoms with Crippen LogP contribution < -0.4 is 5.32 Å². The van der Waals surface area contributed by atoms with Crippen molar-refractivity contribution in [2.24, 2.45) is 5.92 Å². The number of hydrogen-bond donors (Lipinski definition) is 2. The standard InChI is InChI=1S/C33H48N6O4/c1-6-7-10-39-30(40)27(17-22(2)3)36-32(42)33(39)8-11-37(12-9-33)29(26-20-34-35-21-26)25-18-23(4)28(24(5)19-25)31(41)38-13-15-43-16-14-38/h18-22,27,29H,6-17H2,1-5H3,(H,34,35)(H,36,42)/t27-,29?/m0/s1. The van der Waals surface area contributed by atoms with Crippen molar-refractivity contribution in [3.8, 4) is 0 Å². The van der Waals surface area contributed by atoms with E-state index in [1.165, 1.54) is 0 Å². The van der Waals surface area contributed by atoms with E-state index >= 15 is 0 Å². The molecular formula is C33H48N6O4. The maximum atomic E-state index is 13.8. The average molecular weight is 593 g/mol. The predicted molar refractivity (Wildman–Crippen MR) is 165 cm³/mol. The third-order valence-electron chi connectivity index (χ3n) is 9.46. The third-order valence-corrected chi connectivity index (χ3v) is 9.46. The minimum atomic E-state index is -0.822. The second-order valence-electron chi connectivity index (χ2n) is 12.9. The molecule has 1 spiro atoms. The number of carbonyl (C=O) groups is 3. The number of rotatable bonds is 9. The molecule has 3 aliphatic rings. The van der Waals surface area contributed by atoms with Gasteiger partial charge in [0, 0.05) is 50.0 Å². The van der Waals surface area contributed by atoms with Crippen molar-refractivity contribution in [3.63, 3.8) is 0 Å². The van der Waals surface area contributed by atoms with Crippen molar-refractivity contribution in [3.05, 3.63) is 52.3 Å². The van der Waals surface area contributed by atoms with E-state index in [9.17, 15) is 14.4 Å². The Morgan fingerprint density at radius 3 is 2.33 bits per heavy atom. The fourth-order valence-electron chi connectivity index (χ4n) is 7.24. The number of morpholine rings is 1. The second kappa shape index (κ2) is 13.2. The monoisotopic (exact) mass is 592 g/mol. The summed E-state index contributed by atoms with van der Waals surface area (Å²) in [4.78, 5) is 47.2. The molecule has 0 aliphatic carbocycles. The molecule has 43 heavy (non-hydrogen) atoms. The molecule has 5 rings (SSSR count).